The zero-order valence-electron chi connectivity index (χ0n) is 13.9. The molecule has 0 radical (unpaired) electrons. The molecule has 0 unspecified atom stereocenters. The van der Waals surface area contributed by atoms with E-state index in [1.54, 1.807) is 20.3 Å². The third-order valence-electron chi connectivity index (χ3n) is 3.51. The number of carbonyl (C=O) groups is 1. The van der Waals surface area contributed by atoms with Gasteiger partial charge in [0.05, 0.1) is 18.7 Å². The van der Waals surface area contributed by atoms with Crippen LogP contribution in [0.5, 0.6) is 11.5 Å². The van der Waals surface area contributed by atoms with Crippen LogP contribution in [0.4, 0.5) is 5.69 Å². The van der Waals surface area contributed by atoms with Crippen molar-refractivity contribution in [3.63, 3.8) is 0 Å². The van der Waals surface area contributed by atoms with E-state index in [1.807, 2.05) is 36.4 Å². The summed E-state index contributed by atoms with van der Waals surface area (Å²) in [5.74, 6) is 1.03. The van der Waals surface area contributed by atoms with Crippen molar-refractivity contribution in [1.29, 1.82) is 0 Å². The molecule has 126 valence electrons. The minimum absolute atomic E-state index is 0.190. The lowest BCUT2D eigenvalue weighted by Crippen LogP contribution is -2.07. The fourth-order valence-electron chi connectivity index (χ4n) is 2.21. The van der Waals surface area contributed by atoms with Crippen LogP contribution >= 0.6 is 15.9 Å². The fourth-order valence-corrected chi connectivity index (χ4v) is 2.84. The molecule has 2 rings (SSSR count). The summed E-state index contributed by atoms with van der Waals surface area (Å²) in [6.07, 6.45) is 4.19. The van der Waals surface area contributed by atoms with E-state index in [-0.39, 0.29) is 5.91 Å². The van der Waals surface area contributed by atoms with Gasteiger partial charge in [0.2, 0.25) is 5.91 Å². The fraction of sp³-hybridized carbons (Fsp3) is 0.211. The average molecular weight is 390 g/mol. The van der Waals surface area contributed by atoms with E-state index in [0.717, 1.165) is 22.1 Å². The maximum absolute atomic E-state index is 12.0. The van der Waals surface area contributed by atoms with Gasteiger partial charge >= 0.3 is 0 Å². The zero-order valence-corrected chi connectivity index (χ0v) is 15.5. The molecule has 0 spiro atoms. The molecule has 0 aliphatic rings. The van der Waals surface area contributed by atoms with E-state index >= 15 is 0 Å². The molecule has 1 amide bonds. The second-order valence-corrected chi connectivity index (χ2v) is 5.97. The Morgan fingerprint density at radius 2 is 1.88 bits per heavy atom. The van der Waals surface area contributed by atoms with Crippen LogP contribution in [0.1, 0.15) is 18.1 Å². The third-order valence-corrected chi connectivity index (χ3v) is 4.10. The highest BCUT2D eigenvalue weighted by atomic mass is 79.9. The van der Waals surface area contributed by atoms with Gasteiger partial charge in [-0.3, -0.25) is 4.79 Å². The van der Waals surface area contributed by atoms with Crippen molar-refractivity contribution in [1.82, 2.24) is 0 Å². The molecule has 2 aromatic carbocycles. The SMILES string of the molecule is CCc1ccc(NC(=O)/C=C/c2cc(Br)c(OC)c(OC)c2)cc1. The summed E-state index contributed by atoms with van der Waals surface area (Å²) < 4.78 is 11.3. The van der Waals surface area contributed by atoms with Gasteiger partial charge in [-0.2, -0.15) is 0 Å². The number of ether oxygens (including phenoxy) is 2. The molecular formula is C19H20BrNO3. The van der Waals surface area contributed by atoms with Gasteiger partial charge in [-0.05, 0) is 63.8 Å². The van der Waals surface area contributed by atoms with Crippen molar-refractivity contribution >= 4 is 33.6 Å². The van der Waals surface area contributed by atoms with Crippen LogP contribution in [0.15, 0.2) is 46.9 Å². The number of aryl methyl sites for hydroxylation is 1. The summed E-state index contributed by atoms with van der Waals surface area (Å²) >= 11 is 3.43. The largest absolute Gasteiger partial charge is 0.493 e. The predicted octanol–water partition coefficient (Wildman–Crippen LogP) is 4.68. The monoisotopic (exact) mass is 389 g/mol. The van der Waals surface area contributed by atoms with Crippen LogP contribution in [0.25, 0.3) is 6.08 Å². The standard InChI is InChI=1S/C19H20BrNO3/c1-4-13-5-8-15(9-6-13)21-18(22)10-7-14-11-16(20)19(24-3)17(12-14)23-2/h5-12H,4H2,1-3H3,(H,21,22)/b10-7+. The molecule has 0 aliphatic heterocycles. The lowest BCUT2D eigenvalue weighted by Gasteiger charge is -2.10. The molecule has 24 heavy (non-hydrogen) atoms. The van der Waals surface area contributed by atoms with Crippen molar-refractivity contribution in [2.75, 3.05) is 19.5 Å². The topological polar surface area (TPSA) is 47.6 Å². The Balaban J connectivity index is 2.09. The molecule has 0 atom stereocenters. The Labute approximate surface area is 150 Å². The average Bonchev–Trinajstić information content (AvgIpc) is 2.60. The van der Waals surface area contributed by atoms with Gasteiger partial charge < -0.3 is 14.8 Å². The van der Waals surface area contributed by atoms with E-state index in [0.29, 0.717) is 11.5 Å². The lowest BCUT2D eigenvalue weighted by atomic mass is 10.1. The van der Waals surface area contributed by atoms with Crippen molar-refractivity contribution in [3.05, 3.63) is 58.1 Å². The highest BCUT2D eigenvalue weighted by Crippen LogP contribution is 2.36. The summed E-state index contributed by atoms with van der Waals surface area (Å²) in [5.41, 5.74) is 2.84. The summed E-state index contributed by atoms with van der Waals surface area (Å²) in [7, 11) is 3.15. The van der Waals surface area contributed by atoms with E-state index in [1.165, 1.54) is 11.6 Å². The van der Waals surface area contributed by atoms with Gasteiger partial charge in [0.1, 0.15) is 0 Å². The van der Waals surface area contributed by atoms with E-state index in [2.05, 4.69) is 28.2 Å². The number of rotatable bonds is 6. The molecule has 0 saturated heterocycles. The Kier molecular flexibility index (Phi) is 6.44. The predicted molar refractivity (Wildman–Crippen MR) is 101 cm³/mol. The maximum atomic E-state index is 12.0. The Morgan fingerprint density at radius 1 is 1.17 bits per heavy atom. The first-order valence-electron chi connectivity index (χ1n) is 7.57. The second kappa shape index (κ2) is 8.55. The Morgan fingerprint density at radius 3 is 2.46 bits per heavy atom. The smallest absolute Gasteiger partial charge is 0.248 e. The highest BCUT2D eigenvalue weighted by Gasteiger charge is 2.09. The highest BCUT2D eigenvalue weighted by molar-refractivity contribution is 9.10. The molecule has 0 bridgehead atoms. The number of hydrogen-bond acceptors (Lipinski definition) is 3. The van der Waals surface area contributed by atoms with Crippen LogP contribution in [0.3, 0.4) is 0 Å². The van der Waals surface area contributed by atoms with Gasteiger partial charge in [-0.25, -0.2) is 0 Å². The first-order valence-corrected chi connectivity index (χ1v) is 8.36. The number of benzene rings is 2. The number of methoxy groups -OCH3 is 2. The maximum Gasteiger partial charge on any atom is 0.248 e. The second-order valence-electron chi connectivity index (χ2n) is 5.11. The number of hydrogen-bond donors (Lipinski definition) is 1. The van der Waals surface area contributed by atoms with E-state index < -0.39 is 0 Å². The molecule has 1 N–H and O–H groups in total. The Bertz CT molecular complexity index is 739. The summed E-state index contributed by atoms with van der Waals surface area (Å²) in [6.45, 7) is 2.09. The van der Waals surface area contributed by atoms with Crippen LogP contribution in [-0.4, -0.2) is 20.1 Å². The molecule has 2 aromatic rings. The normalized spacial score (nSPS) is 10.7. The van der Waals surface area contributed by atoms with Gasteiger partial charge in [-0.1, -0.05) is 19.1 Å². The Hall–Kier alpha value is -2.27. The molecule has 0 saturated carbocycles. The van der Waals surface area contributed by atoms with Crippen molar-refractivity contribution in [2.45, 2.75) is 13.3 Å². The minimum Gasteiger partial charge on any atom is -0.493 e. The number of halogens is 1. The van der Waals surface area contributed by atoms with Crippen LogP contribution in [0, 0.1) is 0 Å². The number of amides is 1. The van der Waals surface area contributed by atoms with Gasteiger partial charge in [-0.15, -0.1) is 0 Å². The van der Waals surface area contributed by atoms with Crippen molar-refractivity contribution in [3.8, 4) is 11.5 Å². The molecule has 0 aromatic heterocycles. The van der Waals surface area contributed by atoms with Gasteiger partial charge in [0, 0.05) is 11.8 Å². The molecule has 0 aliphatic carbocycles. The minimum atomic E-state index is -0.190. The summed E-state index contributed by atoms with van der Waals surface area (Å²) in [4.78, 5) is 12.0. The van der Waals surface area contributed by atoms with E-state index in [9.17, 15) is 4.79 Å². The number of anilines is 1. The van der Waals surface area contributed by atoms with Crippen LogP contribution in [0.2, 0.25) is 0 Å². The molecule has 0 fully saturated rings. The van der Waals surface area contributed by atoms with Gasteiger partial charge in [0.25, 0.3) is 0 Å². The number of nitrogens with one attached hydrogen (secondary N) is 1. The quantitative estimate of drug-likeness (QED) is 0.729. The summed E-state index contributed by atoms with van der Waals surface area (Å²) in [5, 5.41) is 2.84. The van der Waals surface area contributed by atoms with Gasteiger partial charge in [0.15, 0.2) is 11.5 Å². The lowest BCUT2D eigenvalue weighted by molar-refractivity contribution is -0.111. The first-order chi connectivity index (χ1) is 11.6. The number of carbonyl (C=O) groups excluding carboxylic acids is 1. The first kappa shape index (κ1) is 18.1. The molecular weight excluding hydrogens is 370 g/mol. The molecule has 0 heterocycles. The third kappa shape index (κ3) is 4.61. The van der Waals surface area contributed by atoms with Crippen LogP contribution < -0.4 is 14.8 Å². The molecule has 4 nitrogen and oxygen atoms in total. The summed E-state index contributed by atoms with van der Waals surface area (Å²) in [6, 6.07) is 11.5. The van der Waals surface area contributed by atoms with Crippen molar-refractivity contribution < 1.29 is 14.3 Å². The van der Waals surface area contributed by atoms with Crippen molar-refractivity contribution in [2.24, 2.45) is 0 Å². The molecule has 5 heteroatoms. The van der Waals surface area contributed by atoms with Crippen LogP contribution in [-0.2, 0) is 11.2 Å². The zero-order chi connectivity index (χ0) is 17.5. The van der Waals surface area contributed by atoms with E-state index in [4.69, 9.17) is 9.47 Å².